The summed E-state index contributed by atoms with van der Waals surface area (Å²) < 4.78 is 11.1. The summed E-state index contributed by atoms with van der Waals surface area (Å²) in [6.45, 7) is 5.93. The van der Waals surface area contributed by atoms with Gasteiger partial charge in [-0.3, -0.25) is 9.59 Å². The Labute approximate surface area is 172 Å². The van der Waals surface area contributed by atoms with Crippen molar-refractivity contribution < 1.29 is 19.1 Å². The minimum absolute atomic E-state index is 0.0376. The smallest absolute Gasteiger partial charge is 0.258 e. The molecule has 3 N–H and O–H groups in total. The number of nitrogens with two attached hydrogens (primary N) is 1. The molecule has 1 unspecified atom stereocenters. The lowest BCUT2D eigenvalue weighted by atomic mass is 10.1. The van der Waals surface area contributed by atoms with E-state index in [9.17, 15) is 9.59 Å². The number of primary amides is 1. The monoisotopic (exact) mass is 398 g/mol. The van der Waals surface area contributed by atoms with Crippen LogP contribution in [0.4, 0.5) is 0 Å². The second-order valence-electron chi connectivity index (χ2n) is 7.39. The summed E-state index contributed by atoms with van der Waals surface area (Å²) in [5, 5.41) is 2.95. The first-order valence-corrected chi connectivity index (χ1v) is 9.87. The molecule has 0 fully saturated rings. The molecule has 1 atom stereocenters. The molecule has 6 nitrogen and oxygen atoms in total. The molecule has 156 valence electrons. The molecule has 6 heteroatoms. The summed E-state index contributed by atoms with van der Waals surface area (Å²) in [7, 11) is 0. The third-order valence-electron chi connectivity index (χ3n) is 4.24. The summed E-state index contributed by atoms with van der Waals surface area (Å²) in [5.41, 5.74) is 7.18. The molecule has 0 spiro atoms. The Morgan fingerprint density at radius 3 is 2.10 bits per heavy atom. The number of carbonyl (C=O) groups excluding carboxylic acids is 2. The fraction of sp³-hybridized carbons (Fsp3) is 0.391. The lowest BCUT2D eigenvalue weighted by Gasteiger charge is -2.15. The topological polar surface area (TPSA) is 90.7 Å². The summed E-state index contributed by atoms with van der Waals surface area (Å²) >= 11 is 0. The van der Waals surface area contributed by atoms with Crippen LogP contribution in [0, 0.1) is 0 Å². The molecule has 2 amide bonds. The van der Waals surface area contributed by atoms with E-state index in [0.717, 1.165) is 24.2 Å². The summed E-state index contributed by atoms with van der Waals surface area (Å²) in [6.07, 6.45) is 2.04. The highest BCUT2D eigenvalue weighted by atomic mass is 16.5. The van der Waals surface area contributed by atoms with Crippen LogP contribution < -0.4 is 20.5 Å². The van der Waals surface area contributed by atoms with Crippen LogP contribution in [0.1, 0.15) is 38.3 Å². The van der Waals surface area contributed by atoms with Gasteiger partial charge in [-0.05, 0) is 69.0 Å². The number of rotatable bonds is 11. The highest BCUT2D eigenvalue weighted by Crippen LogP contribution is 2.15. The van der Waals surface area contributed by atoms with Crippen LogP contribution in [-0.2, 0) is 22.4 Å². The quantitative estimate of drug-likeness (QED) is 0.609. The van der Waals surface area contributed by atoms with Crippen molar-refractivity contribution in [3.63, 3.8) is 0 Å². The zero-order chi connectivity index (χ0) is 21.2. The van der Waals surface area contributed by atoms with Gasteiger partial charge in [0.2, 0.25) is 5.91 Å². The molecule has 0 heterocycles. The fourth-order valence-electron chi connectivity index (χ4n) is 2.83. The molecule has 29 heavy (non-hydrogen) atoms. The van der Waals surface area contributed by atoms with E-state index in [0.29, 0.717) is 5.75 Å². The summed E-state index contributed by atoms with van der Waals surface area (Å²) in [5.74, 6) is 0.890. The molecule has 0 aliphatic carbocycles. The normalized spacial score (nSPS) is 11.7. The van der Waals surface area contributed by atoms with Gasteiger partial charge in [-0.2, -0.15) is 0 Å². The maximum atomic E-state index is 12.1. The predicted molar refractivity (Wildman–Crippen MR) is 113 cm³/mol. The van der Waals surface area contributed by atoms with Crippen molar-refractivity contribution in [1.82, 2.24) is 5.32 Å². The minimum atomic E-state index is -0.383. The van der Waals surface area contributed by atoms with E-state index in [1.165, 1.54) is 5.56 Å². The Morgan fingerprint density at radius 1 is 0.931 bits per heavy atom. The average Bonchev–Trinajstić information content (AvgIpc) is 2.66. The van der Waals surface area contributed by atoms with Gasteiger partial charge in [0.15, 0.2) is 6.61 Å². The number of hydrogen-bond donors (Lipinski definition) is 2. The van der Waals surface area contributed by atoms with E-state index in [2.05, 4.69) is 17.4 Å². The maximum absolute atomic E-state index is 12.1. The Hall–Kier alpha value is -3.02. The molecule has 0 saturated carbocycles. The van der Waals surface area contributed by atoms with Gasteiger partial charge in [0.1, 0.15) is 11.5 Å². The molecule has 2 aromatic carbocycles. The van der Waals surface area contributed by atoms with Crippen molar-refractivity contribution in [2.45, 2.75) is 52.2 Å². The van der Waals surface area contributed by atoms with E-state index in [1.54, 1.807) is 24.3 Å². The molecule has 0 aromatic heterocycles. The molecular weight excluding hydrogens is 368 g/mol. The van der Waals surface area contributed by atoms with Crippen LogP contribution in [0.5, 0.6) is 11.5 Å². The number of carbonyl (C=O) groups is 2. The van der Waals surface area contributed by atoms with Gasteiger partial charge >= 0.3 is 0 Å². The summed E-state index contributed by atoms with van der Waals surface area (Å²) in [4.78, 5) is 23.0. The Bertz CT molecular complexity index is 786. The van der Waals surface area contributed by atoms with Gasteiger partial charge in [0.05, 0.1) is 12.5 Å². The maximum Gasteiger partial charge on any atom is 0.258 e. The highest BCUT2D eigenvalue weighted by Gasteiger charge is 2.09. The largest absolute Gasteiger partial charge is 0.491 e. The van der Waals surface area contributed by atoms with Crippen LogP contribution in [0.2, 0.25) is 0 Å². The Balaban J connectivity index is 1.69. The highest BCUT2D eigenvalue weighted by molar-refractivity contribution is 5.78. The van der Waals surface area contributed by atoms with E-state index < -0.39 is 0 Å². The van der Waals surface area contributed by atoms with Gasteiger partial charge in [-0.25, -0.2) is 0 Å². The Morgan fingerprint density at radius 2 is 1.52 bits per heavy atom. The molecule has 2 rings (SSSR count). The van der Waals surface area contributed by atoms with Crippen LogP contribution in [0.3, 0.4) is 0 Å². The molecule has 0 aliphatic heterocycles. The first kappa shape index (κ1) is 22.3. The average molecular weight is 399 g/mol. The lowest BCUT2D eigenvalue weighted by Crippen LogP contribution is -2.36. The minimum Gasteiger partial charge on any atom is -0.491 e. The van der Waals surface area contributed by atoms with Gasteiger partial charge in [-0.1, -0.05) is 24.3 Å². The lowest BCUT2D eigenvalue weighted by molar-refractivity contribution is -0.123. The fourth-order valence-corrected chi connectivity index (χ4v) is 2.83. The van der Waals surface area contributed by atoms with Crippen LogP contribution in [0.25, 0.3) is 0 Å². The van der Waals surface area contributed by atoms with Crippen molar-refractivity contribution in [2.24, 2.45) is 5.73 Å². The number of hydrogen-bond acceptors (Lipinski definition) is 4. The molecule has 0 aliphatic rings. The van der Waals surface area contributed by atoms with Crippen molar-refractivity contribution in [3.8, 4) is 11.5 Å². The first-order chi connectivity index (χ1) is 13.8. The SMILES string of the molecule is CC(CCc1ccc(OC(C)C)cc1)NC(=O)COc1ccc(CC(N)=O)cc1. The van der Waals surface area contributed by atoms with E-state index in [4.69, 9.17) is 15.2 Å². The van der Waals surface area contributed by atoms with E-state index >= 15 is 0 Å². The number of ether oxygens (including phenoxy) is 2. The zero-order valence-corrected chi connectivity index (χ0v) is 17.3. The number of aryl methyl sites for hydroxylation is 1. The van der Waals surface area contributed by atoms with Gasteiger partial charge in [0, 0.05) is 6.04 Å². The first-order valence-electron chi connectivity index (χ1n) is 9.87. The van der Waals surface area contributed by atoms with Gasteiger partial charge in [0.25, 0.3) is 5.91 Å². The number of nitrogens with one attached hydrogen (secondary N) is 1. The number of benzene rings is 2. The standard InChI is InChI=1S/C23H30N2O4/c1-16(2)29-21-12-6-18(7-13-21)5-4-17(3)25-23(27)15-28-20-10-8-19(9-11-20)14-22(24)26/h6-13,16-17H,4-5,14-15H2,1-3H3,(H2,24,26)(H,25,27). The predicted octanol–water partition coefficient (Wildman–Crippen LogP) is 3.02. The Kier molecular flexibility index (Phi) is 8.52. The molecular formula is C23H30N2O4. The second-order valence-corrected chi connectivity index (χ2v) is 7.39. The molecule has 0 saturated heterocycles. The number of amides is 2. The second kappa shape index (κ2) is 11.1. The van der Waals surface area contributed by atoms with Crippen molar-refractivity contribution >= 4 is 11.8 Å². The third-order valence-corrected chi connectivity index (χ3v) is 4.24. The van der Waals surface area contributed by atoms with Gasteiger partial charge < -0.3 is 20.5 Å². The van der Waals surface area contributed by atoms with Crippen LogP contribution in [-0.4, -0.2) is 30.6 Å². The van der Waals surface area contributed by atoms with E-state index in [1.807, 2.05) is 32.9 Å². The molecule has 0 bridgehead atoms. The van der Waals surface area contributed by atoms with Crippen molar-refractivity contribution in [2.75, 3.05) is 6.61 Å². The van der Waals surface area contributed by atoms with Crippen molar-refractivity contribution in [1.29, 1.82) is 0 Å². The van der Waals surface area contributed by atoms with Crippen LogP contribution >= 0.6 is 0 Å². The third kappa shape index (κ3) is 8.68. The summed E-state index contributed by atoms with van der Waals surface area (Å²) in [6, 6.07) is 15.1. The van der Waals surface area contributed by atoms with Crippen molar-refractivity contribution in [3.05, 3.63) is 59.7 Å². The van der Waals surface area contributed by atoms with E-state index in [-0.39, 0.29) is 37.0 Å². The van der Waals surface area contributed by atoms with Crippen LogP contribution in [0.15, 0.2) is 48.5 Å². The van der Waals surface area contributed by atoms with Gasteiger partial charge in [-0.15, -0.1) is 0 Å². The molecule has 0 radical (unpaired) electrons. The zero-order valence-electron chi connectivity index (χ0n) is 17.3. The molecule has 2 aromatic rings.